The van der Waals surface area contributed by atoms with Crippen molar-refractivity contribution >= 4 is 18.2 Å². The Morgan fingerprint density at radius 1 is 1.21 bits per heavy atom. The molecular weight excluding hydrogens is 498 g/mol. The minimum atomic E-state index is -0.686. The fourth-order valence-corrected chi connectivity index (χ4v) is 4.60. The topological polar surface area (TPSA) is 143 Å². The number of hydrogen-bond acceptors (Lipinski definition) is 7. The van der Waals surface area contributed by atoms with Gasteiger partial charge in [-0.3, -0.25) is 14.5 Å². The van der Waals surface area contributed by atoms with Gasteiger partial charge >= 0.3 is 6.03 Å². The van der Waals surface area contributed by atoms with Crippen molar-refractivity contribution in [3.63, 3.8) is 0 Å². The van der Waals surface area contributed by atoms with E-state index in [-0.39, 0.29) is 30.1 Å². The fourth-order valence-electron chi connectivity index (χ4n) is 4.60. The van der Waals surface area contributed by atoms with Crippen LogP contribution in [0.4, 0.5) is 13.6 Å². The first-order valence-corrected chi connectivity index (χ1v) is 11.6. The summed E-state index contributed by atoms with van der Waals surface area (Å²) in [5.74, 6) is -2.00. The molecule has 5 rings (SSSR count). The van der Waals surface area contributed by atoms with Gasteiger partial charge in [0.1, 0.15) is 11.9 Å². The number of aromatic nitrogens is 3. The van der Waals surface area contributed by atoms with Crippen LogP contribution < -0.4 is 10.5 Å². The second-order valence-corrected chi connectivity index (χ2v) is 9.02. The third-order valence-electron chi connectivity index (χ3n) is 6.45. The molecule has 1 saturated heterocycles. The smallest absolute Gasteiger partial charge is 0.341 e. The molecule has 194 valence electrons. The van der Waals surface area contributed by atoms with Crippen molar-refractivity contribution in [3.05, 3.63) is 64.5 Å². The number of nitrogens with two attached hydrogens (primary N) is 1. The number of nitrogens with zero attached hydrogens (tertiary/aromatic N) is 7. The summed E-state index contributed by atoms with van der Waals surface area (Å²) < 4.78 is 35.7. The zero-order chi connectivity index (χ0) is 27.1. The van der Waals surface area contributed by atoms with E-state index >= 15 is 0 Å². The Kier molecular flexibility index (Phi) is 6.23. The summed E-state index contributed by atoms with van der Waals surface area (Å²) in [4.78, 5) is 30.3. The number of ether oxygens (including phenoxy) is 1. The van der Waals surface area contributed by atoms with E-state index in [0.717, 1.165) is 12.3 Å². The molecule has 1 atom stereocenters. The second-order valence-electron chi connectivity index (χ2n) is 9.02. The summed E-state index contributed by atoms with van der Waals surface area (Å²) in [6, 6.07) is 6.30. The van der Waals surface area contributed by atoms with Crippen molar-refractivity contribution in [2.75, 3.05) is 13.1 Å². The number of hydrazone groups is 1. The lowest BCUT2D eigenvalue weighted by Crippen LogP contribution is -2.58. The first-order chi connectivity index (χ1) is 18.2. The van der Waals surface area contributed by atoms with Crippen LogP contribution >= 0.6 is 0 Å². The van der Waals surface area contributed by atoms with E-state index in [1.165, 1.54) is 32.8 Å². The number of aryl methyl sites for hydroxylation is 1. The van der Waals surface area contributed by atoms with Crippen molar-refractivity contribution < 1.29 is 23.1 Å². The Hall–Kier alpha value is -4.86. The molecule has 3 aromatic rings. The van der Waals surface area contributed by atoms with E-state index in [4.69, 9.17) is 15.7 Å². The van der Waals surface area contributed by atoms with Crippen LogP contribution in [-0.4, -0.2) is 62.0 Å². The van der Waals surface area contributed by atoms with E-state index in [2.05, 4.69) is 15.2 Å². The minimum Gasteiger partial charge on any atom is -0.483 e. The quantitative estimate of drug-likeness (QED) is 0.548. The predicted molar refractivity (Wildman–Crippen MR) is 130 cm³/mol. The Labute approximate surface area is 215 Å². The molecule has 0 bridgehead atoms. The number of likely N-dealkylation sites (tertiary alicyclic amines) is 1. The third-order valence-corrected chi connectivity index (χ3v) is 6.45. The van der Waals surface area contributed by atoms with E-state index in [0.29, 0.717) is 28.9 Å². The monoisotopic (exact) mass is 520 g/mol. The van der Waals surface area contributed by atoms with Crippen LogP contribution in [0.2, 0.25) is 0 Å². The number of hydrogen-bond donors (Lipinski definition) is 1. The maximum atomic E-state index is 14.5. The average molecular weight is 521 g/mol. The van der Waals surface area contributed by atoms with Crippen LogP contribution in [0.1, 0.15) is 39.6 Å². The summed E-state index contributed by atoms with van der Waals surface area (Å²) in [5.41, 5.74) is 7.43. The number of primary amides is 1. The number of carbonyl (C=O) groups excluding carboxylic acids is 2. The van der Waals surface area contributed by atoms with Gasteiger partial charge in [0.15, 0.2) is 17.3 Å². The van der Waals surface area contributed by atoms with Crippen LogP contribution in [0, 0.1) is 29.9 Å². The van der Waals surface area contributed by atoms with Gasteiger partial charge < -0.3 is 15.4 Å². The van der Waals surface area contributed by atoms with Gasteiger partial charge in [-0.1, -0.05) is 0 Å². The molecule has 0 aliphatic carbocycles. The molecule has 1 unspecified atom stereocenters. The summed E-state index contributed by atoms with van der Waals surface area (Å²) in [6.07, 6.45) is 2.47. The lowest BCUT2D eigenvalue weighted by Gasteiger charge is -2.41. The van der Waals surface area contributed by atoms with Gasteiger partial charge in [-0.15, -0.1) is 0 Å². The van der Waals surface area contributed by atoms with Crippen molar-refractivity contribution in [3.8, 4) is 23.2 Å². The van der Waals surface area contributed by atoms with Crippen molar-refractivity contribution in [2.24, 2.45) is 17.9 Å². The Balaban J connectivity index is 1.27. The molecule has 38 heavy (non-hydrogen) atoms. The van der Waals surface area contributed by atoms with Crippen LogP contribution in [0.15, 0.2) is 35.6 Å². The number of halogens is 2. The number of benzene rings is 1. The highest BCUT2D eigenvalue weighted by Crippen LogP contribution is 2.33. The molecule has 2 aromatic heterocycles. The molecule has 4 heterocycles. The average Bonchev–Trinajstić information content (AvgIpc) is 3.46. The molecular formula is C25H22F2N8O3. The van der Waals surface area contributed by atoms with Gasteiger partial charge in [-0.25, -0.2) is 18.6 Å². The molecule has 0 spiro atoms. The number of rotatable bonds is 5. The van der Waals surface area contributed by atoms with Gasteiger partial charge in [0.2, 0.25) is 0 Å². The highest BCUT2D eigenvalue weighted by molar-refractivity contribution is 5.94. The van der Waals surface area contributed by atoms with Crippen molar-refractivity contribution in [2.45, 2.75) is 25.5 Å². The molecule has 2 aliphatic heterocycles. The number of amides is 3. The minimum absolute atomic E-state index is 0.0609. The zero-order valence-corrected chi connectivity index (χ0v) is 20.4. The predicted octanol–water partition coefficient (Wildman–Crippen LogP) is 2.66. The summed E-state index contributed by atoms with van der Waals surface area (Å²) in [5, 5.41) is 18.6. The van der Waals surface area contributed by atoms with Gasteiger partial charge in [0.25, 0.3) is 5.91 Å². The van der Waals surface area contributed by atoms with Crippen LogP contribution in [0.5, 0.6) is 5.75 Å². The fraction of sp³-hybridized carbons (Fsp3) is 0.280. The number of carbonyl (C=O) groups is 2. The van der Waals surface area contributed by atoms with E-state index in [1.807, 2.05) is 6.07 Å². The number of urea groups is 1. The summed E-state index contributed by atoms with van der Waals surface area (Å²) in [6.45, 7) is 2.03. The molecule has 11 nitrogen and oxygen atoms in total. The van der Waals surface area contributed by atoms with Gasteiger partial charge in [0.05, 0.1) is 48.3 Å². The molecule has 13 heteroatoms. The summed E-state index contributed by atoms with van der Waals surface area (Å²) >= 11 is 0. The molecule has 2 aliphatic rings. The Bertz CT molecular complexity index is 1520. The molecule has 3 amide bonds. The lowest BCUT2D eigenvalue weighted by atomic mass is 10.0. The van der Waals surface area contributed by atoms with Crippen molar-refractivity contribution in [1.29, 1.82) is 5.26 Å². The summed E-state index contributed by atoms with van der Waals surface area (Å²) in [7, 11) is 1.62. The molecule has 0 radical (unpaired) electrons. The zero-order valence-electron chi connectivity index (χ0n) is 20.4. The molecule has 1 aromatic carbocycles. The van der Waals surface area contributed by atoms with Gasteiger partial charge in [0, 0.05) is 31.3 Å². The second kappa shape index (κ2) is 9.55. The normalized spacial score (nSPS) is 16.9. The van der Waals surface area contributed by atoms with Gasteiger partial charge in [-0.2, -0.15) is 15.5 Å². The van der Waals surface area contributed by atoms with Crippen LogP contribution in [0.3, 0.4) is 0 Å². The van der Waals surface area contributed by atoms with Crippen molar-refractivity contribution in [1.82, 2.24) is 24.7 Å². The SMILES string of the molecule is Cc1c(C(N)=O)nn(C)c1-c1cc(OC2CN(C(=O)N3N=CCC3c3cc(F)cc(C#N)c3)C2)c(F)cn1. The molecule has 0 saturated carbocycles. The standard InChI is InChI=1S/C25H22F2N8O3/c1-13-22(24(29)36)32-33(2)23(13)19-8-21(18(27)10-30-19)38-17-11-34(12-17)25(37)35-20(3-4-31-35)15-5-14(9-28)6-16(26)7-15/h4-8,10,17,20H,3,11-12H2,1-2H3,(H2,29,36). The first kappa shape index (κ1) is 24.8. The maximum Gasteiger partial charge on any atom is 0.341 e. The Morgan fingerprint density at radius 3 is 2.66 bits per heavy atom. The van der Waals surface area contributed by atoms with Crippen LogP contribution in [0.25, 0.3) is 11.4 Å². The first-order valence-electron chi connectivity index (χ1n) is 11.6. The maximum absolute atomic E-state index is 14.5. The highest BCUT2D eigenvalue weighted by atomic mass is 19.1. The number of nitriles is 1. The largest absolute Gasteiger partial charge is 0.483 e. The van der Waals surface area contributed by atoms with E-state index in [1.54, 1.807) is 20.2 Å². The van der Waals surface area contributed by atoms with E-state index < -0.39 is 35.7 Å². The lowest BCUT2D eigenvalue weighted by molar-refractivity contribution is 0.0257. The van der Waals surface area contributed by atoms with E-state index in [9.17, 15) is 18.4 Å². The number of pyridine rings is 1. The molecule has 1 fully saturated rings. The van der Waals surface area contributed by atoms with Crippen LogP contribution in [-0.2, 0) is 7.05 Å². The molecule has 2 N–H and O–H groups in total. The Morgan fingerprint density at radius 2 is 1.97 bits per heavy atom. The highest BCUT2D eigenvalue weighted by Gasteiger charge is 2.39. The third kappa shape index (κ3) is 4.40. The van der Waals surface area contributed by atoms with Gasteiger partial charge in [-0.05, 0) is 30.7 Å².